The highest BCUT2D eigenvalue weighted by molar-refractivity contribution is 6.24. The van der Waals surface area contributed by atoms with Crippen molar-refractivity contribution >= 4 is 60.7 Å². The quantitative estimate of drug-likeness (QED) is 0.141. The van der Waals surface area contributed by atoms with Crippen LogP contribution in [0.25, 0.3) is 122 Å². The number of fused-ring (bicyclic) bond motifs is 6. The van der Waals surface area contributed by atoms with Gasteiger partial charge < -0.3 is 14.9 Å². The van der Waals surface area contributed by atoms with Gasteiger partial charge in [0, 0.05) is 77.2 Å². The van der Waals surface area contributed by atoms with E-state index in [9.17, 15) is 0 Å². The van der Waals surface area contributed by atoms with E-state index in [0.717, 1.165) is 117 Å². The Bertz CT molecular complexity index is 4380. The standard InChI is InChI=1S/C72H49N3/c1-6-26-48(27-7-1)53-36-16-17-40-57(53)67-65(50-30-10-3-11-31-50)66(51-32-12-4-13-33-51)72(75(52-34-14-5-15-35-52)64-47-23-20-37-54(64)49-28-8-2-9-29-49)69(61-44-25-42-59-56-39-19-22-46-63(56)74-71(59)61)68(67)60-43-24-41-58-55-38-18-21-45-62(55)73-70(58)60/h1-47,73-74H. The molecule has 0 bridgehead atoms. The highest BCUT2D eigenvalue weighted by Crippen LogP contribution is 2.61. The number of rotatable bonds is 10. The van der Waals surface area contributed by atoms with Gasteiger partial charge in [-0.15, -0.1) is 0 Å². The van der Waals surface area contributed by atoms with Gasteiger partial charge in [0.25, 0.3) is 0 Å². The summed E-state index contributed by atoms with van der Waals surface area (Å²) in [7, 11) is 0. The number of benzene rings is 12. The van der Waals surface area contributed by atoms with E-state index in [1.54, 1.807) is 0 Å². The molecule has 352 valence electrons. The van der Waals surface area contributed by atoms with Crippen LogP contribution in [0.1, 0.15) is 0 Å². The Morgan fingerprint density at radius 3 is 1.16 bits per heavy atom. The van der Waals surface area contributed by atoms with E-state index in [-0.39, 0.29) is 0 Å². The van der Waals surface area contributed by atoms with Crippen molar-refractivity contribution in [2.24, 2.45) is 0 Å². The van der Waals surface area contributed by atoms with E-state index < -0.39 is 0 Å². The molecule has 0 saturated heterocycles. The SMILES string of the molecule is c1ccc(-c2ccccc2-c2c(-c3ccccc3)c(-c3ccccc3)c(N(c3ccccc3)c3ccccc3-c3ccccc3)c(-c3cccc4c3[nH]c3ccccc34)c2-c2cccc3c2[nH]c2ccccc23)cc1. The number of nitrogens with one attached hydrogen (secondary N) is 2. The molecule has 0 aliphatic heterocycles. The molecule has 0 atom stereocenters. The third kappa shape index (κ3) is 7.44. The van der Waals surface area contributed by atoms with Gasteiger partial charge in [-0.3, -0.25) is 0 Å². The van der Waals surface area contributed by atoms with Gasteiger partial charge in [0.05, 0.1) is 22.4 Å². The van der Waals surface area contributed by atoms with Crippen LogP contribution < -0.4 is 4.90 Å². The summed E-state index contributed by atoms with van der Waals surface area (Å²) in [6.45, 7) is 0. The number of para-hydroxylation sites is 6. The van der Waals surface area contributed by atoms with E-state index in [4.69, 9.17) is 0 Å². The summed E-state index contributed by atoms with van der Waals surface area (Å²) in [4.78, 5) is 10.6. The average Bonchev–Trinajstić information content (AvgIpc) is 4.09. The highest BCUT2D eigenvalue weighted by Gasteiger charge is 2.35. The lowest BCUT2D eigenvalue weighted by atomic mass is 9.75. The predicted molar refractivity (Wildman–Crippen MR) is 318 cm³/mol. The van der Waals surface area contributed by atoms with Crippen molar-refractivity contribution in [3.8, 4) is 77.9 Å². The van der Waals surface area contributed by atoms with Crippen molar-refractivity contribution in [1.82, 2.24) is 9.97 Å². The molecule has 0 amide bonds. The minimum absolute atomic E-state index is 1.04. The largest absolute Gasteiger partial charge is 0.354 e. The van der Waals surface area contributed by atoms with E-state index >= 15 is 0 Å². The van der Waals surface area contributed by atoms with Crippen LogP contribution in [0.2, 0.25) is 0 Å². The molecule has 14 rings (SSSR count). The second-order valence-electron chi connectivity index (χ2n) is 19.2. The summed E-state index contributed by atoms with van der Waals surface area (Å²) >= 11 is 0. The Morgan fingerprint density at radius 2 is 0.600 bits per heavy atom. The van der Waals surface area contributed by atoms with Gasteiger partial charge >= 0.3 is 0 Å². The van der Waals surface area contributed by atoms with Gasteiger partial charge in [0.2, 0.25) is 0 Å². The first kappa shape index (κ1) is 43.8. The molecule has 12 aromatic carbocycles. The molecule has 2 aromatic heterocycles. The summed E-state index contributed by atoms with van der Waals surface area (Å²) < 4.78 is 0. The van der Waals surface area contributed by atoms with Crippen LogP contribution in [0.3, 0.4) is 0 Å². The molecule has 0 radical (unpaired) electrons. The summed E-state index contributed by atoms with van der Waals surface area (Å²) in [6, 6.07) is 104. The summed E-state index contributed by atoms with van der Waals surface area (Å²) in [5.41, 5.74) is 23.2. The molecule has 3 heteroatoms. The maximum Gasteiger partial charge on any atom is 0.0632 e. The van der Waals surface area contributed by atoms with Crippen LogP contribution in [0.4, 0.5) is 17.1 Å². The number of hydrogen-bond donors (Lipinski definition) is 2. The summed E-state index contributed by atoms with van der Waals surface area (Å²) in [6.07, 6.45) is 0. The number of H-pyrrole nitrogens is 2. The number of aromatic nitrogens is 2. The third-order valence-electron chi connectivity index (χ3n) is 15.0. The Balaban J connectivity index is 1.31. The summed E-state index contributed by atoms with van der Waals surface area (Å²) in [5, 5.41) is 4.71. The van der Waals surface area contributed by atoms with Crippen molar-refractivity contribution in [2.45, 2.75) is 0 Å². The van der Waals surface area contributed by atoms with Crippen LogP contribution in [0, 0.1) is 0 Å². The monoisotopic (exact) mass is 955 g/mol. The zero-order chi connectivity index (χ0) is 49.7. The number of hydrogen-bond acceptors (Lipinski definition) is 1. The van der Waals surface area contributed by atoms with Gasteiger partial charge in [-0.2, -0.15) is 0 Å². The maximum absolute atomic E-state index is 4.04. The Labute approximate surface area is 436 Å². The molecule has 0 unspecified atom stereocenters. The second kappa shape index (κ2) is 18.6. The fraction of sp³-hybridized carbons (Fsp3) is 0. The van der Waals surface area contributed by atoms with Gasteiger partial charge in [0.1, 0.15) is 0 Å². The molecule has 0 aliphatic rings. The average molecular weight is 956 g/mol. The molecule has 14 aromatic rings. The maximum atomic E-state index is 4.04. The van der Waals surface area contributed by atoms with Crippen LogP contribution in [-0.2, 0) is 0 Å². The smallest absolute Gasteiger partial charge is 0.0632 e. The van der Waals surface area contributed by atoms with Crippen LogP contribution in [0.15, 0.2) is 285 Å². The van der Waals surface area contributed by atoms with Gasteiger partial charge in [-0.1, -0.05) is 255 Å². The lowest BCUT2D eigenvalue weighted by Gasteiger charge is -2.36. The predicted octanol–water partition coefficient (Wildman–Crippen LogP) is 20.1. The van der Waals surface area contributed by atoms with Crippen LogP contribution in [0.5, 0.6) is 0 Å². The minimum Gasteiger partial charge on any atom is -0.354 e. The Kier molecular flexibility index (Phi) is 10.8. The zero-order valence-corrected chi connectivity index (χ0v) is 41.1. The van der Waals surface area contributed by atoms with E-state index in [1.807, 2.05) is 0 Å². The molecule has 0 saturated carbocycles. The zero-order valence-electron chi connectivity index (χ0n) is 41.1. The van der Waals surface area contributed by atoms with Gasteiger partial charge in [-0.25, -0.2) is 0 Å². The molecular formula is C72H49N3. The molecule has 3 nitrogen and oxygen atoms in total. The fourth-order valence-electron chi connectivity index (χ4n) is 11.8. The van der Waals surface area contributed by atoms with E-state index in [2.05, 4.69) is 300 Å². The minimum atomic E-state index is 1.04. The fourth-order valence-corrected chi connectivity index (χ4v) is 11.8. The topological polar surface area (TPSA) is 34.8 Å². The van der Waals surface area contributed by atoms with Crippen molar-refractivity contribution in [1.29, 1.82) is 0 Å². The molecule has 2 N–H and O–H groups in total. The molecule has 0 spiro atoms. The van der Waals surface area contributed by atoms with Crippen molar-refractivity contribution in [2.75, 3.05) is 4.90 Å². The van der Waals surface area contributed by atoms with Gasteiger partial charge in [-0.05, 0) is 69.3 Å². The summed E-state index contributed by atoms with van der Waals surface area (Å²) in [5.74, 6) is 0. The van der Waals surface area contributed by atoms with Crippen LogP contribution in [-0.4, -0.2) is 9.97 Å². The molecule has 0 aliphatic carbocycles. The molecule has 0 fully saturated rings. The first-order valence-corrected chi connectivity index (χ1v) is 25.8. The molecule has 75 heavy (non-hydrogen) atoms. The second-order valence-corrected chi connectivity index (χ2v) is 19.2. The number of anilines is 3. The lowest BCUT2D eigenvalue weighted by Crippen LogP contribution is -2.16. The molecular weight excluding hydrogens is 907 g/mol. The first-order chi connectivity index (χ1) is 37.3. The Morgan fingerprint density at radius 1 is 0.227 bits per heavy atom. The van der Waals surface area contributed by atoms with Crippen molar-refractivity contribution < 1.29 is 0 Å². The molecule has 2 heterocycles. The first-order valence-electron chi connectivity index (χ1n) is 25.8. The number of nitrogens with zero attached hydrogens (tertiary/aromatic N) is 1. The van der Waals surface area contributed by atoms with E-state index in [1.165, 1.54) is 21.5 Å². The van der Waals surface area contributed by atoms with Crippen molar-refractivity contribution in [3.05, 3.63) is 285 Å². The Hall–Kier alpha value is -9.96. The number of aromatic amines is 2. The highest BCUT2D eigenvalue weighted by atomic mass is 15.2. The van der Waals surface area contributed by atoms with Crippen LogP contribution >= 0.6 is 0 Å². The van der Waals surface area contributed by atoms with Gasteiger partial charge in [0.15, 0.2) is 0 Å². The lowest BCUT2D eigenvalue weighted by molar-refractivity contribution is 1.28. The van der Waals surface area contributed by atoms with Crippen molar-refractivity contribution in [3.63, 3.8) is 0 Å². The normalized spacial score (nSPS) is 11.5. The third-order valence-corrected chi connectivity index (χ3v) is 15.0. The van der Waals surface area contributed by atoms with E-state index in [0.29, 0.717) is 0 Å².